The molecule has 0 aliphatic heterocycles. The number of carbonyl (C=O) groups is 1. The summed E-state index contributed by atoms with van der Waals surface area (Å²) in [7, 11) is 0. The van der Waals surface area contributed by atoms with E-state index in [0.29, 0.717) is 5.82 Å². The lowest BCUT2D eigenvalue weighted by Gasteiger charge is -2.17. The van der Waals surface area contributed by atoms with E-state index in [9.17, 15) is 4.79 Å². The van der Waals surface area contributed by atoms with Gasteiger partial charge in [0.05, 0.1) is 6.20 Å². The molecule has 4 N–H and O–H groups in total. The van der Waals surface area contributed by atoms with Gasteiger partial charge in [0, 0.05) is 17.5 Å². The normalized spacial score (nSPS) is 11.5. The Labute approximate surface area is 89.4 Å². The molecule has 0 aliphatic carbocycles. The van der Waals surface area contributed by atoms with E-state index >= 15 is 0 Å². The maximum absolute atomic E-state index is 11.6. The molecule has 0 spiro atoms. The average molecular weight is 210 g/mol. The molecule has 0 bridgehead atoms. The number of aromatic amines is 1. The number of anilines is 1. The summed E-state index contributed by atoms with van der Waals surface area (Å²) < 4.78 is 0. The Bertz CT molecular complexity index is 337. The Hall–Kier alpha value is -1.36. The third-order valence-corrected chi connectivity index (χ3v) is 1.98. The second-order valence-corrected chi connectivity index (χ2v) is 4.34. The Balaban J connectivity index is 2.59. The molecule has 0 aliphatic rings. The van der Waals surface area contributed by atoms with E-state index in [-0.39, 0.29) is 12.3 Å². The minimum atomic E-state index is -0.490. The summed E-state index contributed by atoms with van der Waals surface area (Å²) in [6.45, 7) is 5.65. The lowest BCUT2D eigenvalue weighted by molar-refractivity contribution is -0.117. The molecule has 1 rings (SSSR count). The first-order valence-electron chi connectivity index (χ1n) is 5.03. The molecular formula is C10H18N4O. The lowest BCUT2D eigenvalue weighted by Crippen LogP contribution is -2.36. The number of aromatic nitrogens is 2. The molecule has 84 valence electrons. The van der Waals surface area contributed by atoms with Crippen molar-refractivity contribution in [1.82, 2.24) is 10.2 Å². The molecule has 5 nitrogen and oxygen atoms in total. The van der Waals surface area contributed by atoms with Crippen LogP contribution >= 0.6 is 0 Å². The third kappa shape index (κ3) is 3.71. The van der Waals surface area contributed by atoms with Crippen molar-refractivity contribution in [1.29, 1.82) is 0 Å². The highest BCUT2D eigenvalue weighted by atomic mass is 16.1. The van der Waals surface area contributed by atoms with Crippen LogP contribution in [0.5, 0.6) is 0 Å². The van der Waals surface area contributed by atoms with Crippen LogP contribution in [-0.4, -0.2) is 21.6 Å². The van der Waals surface area contributed by atoms with E-state index in [4.69, 9.17) is 5.73 Å². The van der Waals surface area contributed by atoms with Crippen molar-refractivity contribution in [3.05, 3.63) is 11.8 Å². The molecule has 0 radical (unpaired) electrons. The number of hydrogen-bond donors (Lipinski definition) is 3. The summed E-state index contributed by atoms with van der Waals surface area (Å²) >= 11 is 0. The van der Waals surface area contributed by atoms with Gasteiger partial charge in [-0.2, -0.15) is 5.10 Å². The van der Waals surface area contributed by atoms with E-state index in [1.54, 1.807) is 6.20 Å². The van der Waals surface area contributed by atoms with E-state index in [2.05, 4.69) is 15.5 Å². The zero-order valence-corrected chi connectivity index (χ0v) is 9.42. The molecule has 15 heavy (non-hydrogen) atoms. The molecule has 0 saturated carbocycles. The first-order chi connectivity index (χ1) is 6.92. The monoisotopic (exact) mass is 210 g/mol. The summed E-state index contributed by atoms with van der Waals surface area (Å²) in [6.07, 6.45) is 2.83. The van der Waals surface area contributed by atoms with Crippen molar-refractivity contribution in [2.24, 2.45) is 5.73 Å². The SMILES string of the molecule is CCc1cn[nH]c1NC(=O)CC(C)(C)N. The van der Waals surface area contributed by atoms with Crippen LogP contribution in [0.15, 0.2) is 6.20 Å². The van der Waals surface area contributed by atoms with E-state index < -0.39 is 5.54 Å². The first kappa shape index (κ1) is 11.7. The Kier molecular flexibility index (Phi) is 3.47. The molecule has 0 atom stereocenters. The lowest BCUT2D eigenvalue weighted by atomic mass is 10.0. The number of carbonyl (C=O) groups excluding carboxylic acids is 1. The second kappa shape index (κ2) is 4.44. The van der Waals surface area contributed by atoms with Crippen LogP contribution in [0.1, 0.15) is 32.8 Å². The van der Waals surface area contributed by atoms with Gasteiger partial charge >= 0.3 is 0 Å². The predicted octanol–water partition coefficient (Wildman–Crippen LogP) is 1.04. The fraction of sp³-hybridized carbons (Fsp3) is 0.600. The van der Waals surface area contributed by atoms with Gasteiger partial charge in [-0.25, -0.2) is 0 Å². The fourth-order valence-electron chi connectivity index (χ4n) is 1.28. The van der Waals surface area contributed by atoms with Crippen molar-refractivity contribution in [3.8, 4) is 0 Å². The number of hydrogen-bond acceptors (Lipinski definition) is 3. The summed E-state index contributed by atoms with van der Waals surface area (Å²) in [5, 5.41) is 9.38. The Morgan fingerprint density at radius 1 is 1.67 bits per heavy atom. The quantitative estimate of drug-likeness (QED) is 0.694. The van der Waals surface area contributed by atoms with Gasteiger partial charge < -0.3 is 11.1 Å². The molecule has 1 aromatic rings. The van der Waals surface area contributed by atoms with Crippen molar-refractivity contribution < 1.29 is 4.79 Å². The number of nitrogens with two attached hydrogens (primary N) is 1. The van der Waals surface area contributed by atoms with Gasteiger partial charge in [-0.3, -0.25) is 9.89 Å². The highest BCUT2D eigenvalue weighted by Crippen LogP contribution is 2.13. The van der Waals surface area contributed by atoms with E-state index in [1.165, 1.54) is 0 Å². The maximum atomic E-state index is 11.6. The van der Waals surface area contributed by atoms with Crippen LogP contribution in [0.25, 0.3) is 0 Å². The van der Waals surface area contributed by atoms with Gasteiger partial charge in [0.15, 0.2) is 0 Å². The minimum Gasteiger partial charge on any atom is -0.325 e. The number of H-pyrrole nitrogens is 1. The number of nitrogens with zero attached hydrogens (tertiary/aromatic N) is 1. The molecule has 0 aromatic carbocycles. The van der Waals surface area contributed by atoms with Gasteiger partial charge in [-0.1, -0.05) is 6.92 Å². The van der Waals surface area contributed by atoms with Crippen LogP contribution in [0.3, 0.4) is 0 Å². The molecule has 1 heterocycles. The van der Waals surface area contributed by atoms with Crippen molar-refractivity contribution in [3.63, 3.8) is 0 Å². The standard InChI is InChI=1S/C10H18N4O/c1-4-7-6-12-14-9(7)13-8(15)5-10(2,3)11/h6H,4-5,11H2,1-3H3,(H2,12,13,14,15). The maximum Gasteiger partial charge on any atom is 0.227 e. The molecular weight excluding hydrogens is 192 g/mol. The van der Waals surface area contributed by atoms with Gasteiger partial charge in [-0.15, -0.1) is 0 Å². The topological polar surface area (TPSA) is 83.8 Å². The highest BCUT2D eigenvalue weighted by Gasteiger charge is 2.17. The van der Waals surface area contributed by atoms with E-state index in [1.807, 2.05) is 20.8 Å². The largest absolute Gasteiger partial charge is 0.325 e. The van der Waals surface area contributed by atoms with Crippen LogP contribution in [0.2, 0.25) is 0 Å². The molecule has 0 unspecified atom stereocenters. The van der Waals surface area contributed by atoms with Gasteiger partial charge in [-0.05, 0) is 20.3 Å². The summed E-state index contributed by atoms with van der Waals surface area (Å²) in [4.78, 5) is 11.6. The minimum absolute atomic E-state index is 0.0959. The molecule has 1 amide bonds. The summed E-state index contributed by atoms with van der Waals surface area (Å²) in [6, 6.07) is 0. The molecule has 5 heteroatoms. The fourth-order valence-corrected chi connectivity index (χ4v) is 1.28. The zero-order chi connectivity index (χ0) is 11.5. The van der Waals surface area contributed by atoms with Crippen molar-refractivity contribution >= 4 is 11.7 Å². The Morgan fingerprint density at radius 2 is 2.33 bits per heavy atom. The Morgan fingerprint density at radius 3 is 2.87 bits per heavy atom. The average Bonchev–Trinajstić information content (AvgIpc) is 2.48. The van der Waals surface area contributed by atoms with Crippen molar-refractivity contribution in [2.75, 3.05) is 5.32 Å². The third-order valence-electron chi connectivity index (χ3n) is 1.98. The first-order valence-corrected chi connectivity index (χ1v) is 5.03. The predicted molar refractivity (Wildman–Crippen MR) is 59.5 cm³/mol. The van der Waals surface area contributed by atoms with Crippen molar-refractivity contribution in [2.45, 2.75) is 39.2 Å². The smallest absolute Gasteiger partial charge is 0.227 e. The van der Waals surface area contributed by atoms with Crippen LogP contribution in [0.4, 0.5) is 5.82 Å². The number of aryl methyl sites for hydroxylation is 1. The van der Waals surface area contributed by atoms with Gasteiger partial charge in [0.1, 0.15) is 5.82 Å². The van der Waals surface area contributed by atoms with Crippen LogP contribution < -0.4 is 11.1 Å². The highest BCUT2D eigenvalue weighted by molar-refractivity contribution is 5.91. The number of nitrogens with one attached hydrogen (secondary N) is 2. The van der Waals surface area contributed by atoms with Gasteiger partial charge in [0.2, 0.25) is 5.91 Å². The van der Waals surface area contributed by atoms with Crippen LogP contribution in [0, 0.1) is 0 Å². The summed E-state index contributed by atoms with van der Waals surface area (Å²) in [5.41, 5.74) is 6.26. The zero-order valence-electron chi connectivity index (χ0n) is 9.42. The number of amides is 1. The number of rotatable bonds is 4. The molecule has 1 aromatic heterocycles. The van der Waals surface area contributed by atoms with Gasteiger partial charge in [0.25, 0.3) is 0 Å². The molecule has 0 fully saturated rings. The second-order valence-electron chi connectivity index (χ2n) is 4.34. The van der Waals surface area contributed by atoms with Crippen LogP contribution in [-0.2, 0) is 11.2 Å². The van der Waals surface area contributed by atoms with E-state index in [0.717, 1.165) is 12.0 Å². The molecule has 0 saturated heterocycles. The summed E-state index contributed by atoms with van der Waals surface area (Å²) in [5.74, 6) is 0.577.